The predicted octanol–water partition coefficient (Wildman–Crippen LogP) is 5.67. The number of rotatable bonds is 9. The summed E-state index contributed by atoms with van der Waals surface area (Å²) in [5, 5.41) is 0.679. The van der Waals surface area contributed by atoms with Gasteiger partial charge in [0.05, 0.1) is 10.7 Å². The average molecular weight is 378 g/mol. The first kappa shape index (κ1) is 19.8. The predicted molar refractivity (Wildman–Crippen MR) is 110 cm³/mol. The van der Waals surface area contributed by atoms with Crippen molar-refractivity contribution < 1.29 is 9.47 Å². The second kappa shape index (κ2) is 9.27. The largest absolute Gasteiger partial charge is 0.468 e. The molecule has 0 fully saturated rings. The van der Waals surface area contributed by atoms with Gasteiger partial charge < -0.3 is 14.4 Å². The Balaban J connectivity index is 1.85. The van der Waals surface area contributed by atoms with Crippen LogP contribution in [0.2, 0.25) is 30.7 Å². The summed E-state index contributed by atoms with van der Waals surface area (Å²) < 4.78 is 11.2. The lowest BCUT2D eigenvalue weighted by Crippen LogP contribution is -2.22. The van der Waals surface area contributed by atoms with E-state index in [9.17, 15) is 0 Å². The Morgan fingerprint density at radius 2 is 1.76 bits per heavy atom. The monoisotopic (exact) mass is 377 g/mol. The number of anilines is 1. The molecule has 0 N–H and O–H groups in total. The molecule has 25 heavy (non-hydrogen) atoms. The van der Waals surface area contributed by atoms with E-state index in [0.29, 0.717) is 5.02 Å². The molecule has 0 saturated heterocycles. The third kappa shape index (κ3) is 7.10. The molecule has 0 aliphatic rings. The molecule has 0 radical (unpaired) electrons. The average Bonchev–Trinajstić information content (AvgIpc) is 2.54. The van der Waals surface area contributed by atoms with Crippen molar-refractivity contribution >= 4 is 25.4 Å². The first-order valence-corrected chi connectivity index (χ1v) is 12.7. The standard InChI is InChI=1S/C20H28ClNO2Si/c1-22(15-17-8-6-5-7-9-17)20-11-10-18(14-19(20)21)24-16-23-12-13-25(2,3)4/h5-11,14H,12-13,15-16H2,1-4H3. The van der Waals surface area contributed by atoms with Crippen LogP contribution in [0.15, 0.2) is 48.5 Å². The van der Waals surface area contributed by atoms with Gasteiger partial charge in [-0.2, -0.15) is 0 Å². The van der Waals surface area contributed by atoms with E-state index in [0.717, 1.165) is 30.6 Å². The van der Waals surface area contributed by atoms with Crippen LogP contribution in [-0.4, -0.2) is 28.5 Å². The number of benzene rings is 2. The minimum atomic E-state index is -1.05. The molecule has 0 amide bonds. The zero-order valence-electron chi connectivity index (χ0n) is 15.6. The van der Waals surface area contributed by atoms with Crippen LogP contribution in [0.25, 0.3) is 0 Å². The molecular formula is C20H28ClNO2Si. The summed E-state index contributed by atoms with van der Waals surface area (Å²) >= 11 is 6.43. The summed E-state index contributed by atoms with van der Waals surface area (Å²) in [7, 11) is 0.981. The number of hydrogen-bond donors (Lipinski definition) is 0. The molecular weight excluding hydrogens is 350 g/mol. The molecule has 2 rings (SSSR count). The van der Waals surface area contributed by atoms with Crippen LogP contribution in [-0.2, 0) is 11.3 Å². The lowest BCUT2D eigenvalue weighted by molar-refractivity contribution is 0.0220. The molecule has 2 aromatic carbocycles. The molecule has 0 atom stereocenters. The van der Waals surface area contributed by atoms with Crippen molar-refractivity contribution in [1.82, 2.24) is 0 Å². The van der Waals surface area contributed by atoms with Gasteiger partial charge in [-0.25, -0.2) is 0 Å². The highest BCUT2D eigenvalue weighted by Gasteiger charge is 2.12. The topological polar surface area (TPSA) is 21.7 Å². The number of nitrogens with zero attached hydrogens (tertiary/aromatic N) is 1. The van der Waals surface area contributed by atoms with Crippen LogP contribution < -0.4 is 9.64 Å². The second-order valence-electron chi connectivity index (χ2n) is 7.44. The van der Waals surface area contributed by atoms with Gasteiger partial charge in [-0.1, -0.05) is 61.6 Å². The molecule has 0 aliphatic carbocycles. The maximum absolute atomic E-state index is 6.43. The summed E-state index contributed by atoms with van der Waals surface area (Å²) in [6, 6.07) is 17.2. The van der Waals surface area contributed by atoms with E-state index < -0.39 is 8.07 Å². The summed E-state index contributed by atoms with van der Waals surface area (Å²) in [5.74, 6) is 0.731. The fourth-order valence-corrected chi connectivity index (χ4v) is 3.45. The van der Waals surface area contributed by atoms with Crippen molar-refractivity contribution in [1.29, 1.82) is 0 Å². The molecule has 0 unspecified atom stereocenters. The highest BCUT2D eigenvalue weighted by atomic mass is 35.5. The van der Waals surface area contributed by atoms with Gasteiger partial charge in [0.1, 0.15) is 5.75 Å². The van der Waals surface area contributed by atoms with E-state index in [1.54, 1.807) is 0 Å². The number of hydrogen-bond acceptors (Lipinski definition) is 3. The first-order chi connectivity index (χ1) is 11.8. The minimum Gasteiger partial charge on any atom is -0.468 e. The van der Waals surface area contributed by atoms with Crippen molar-refractivity contribution in [2.45, 2.75) is 32.2 Å². The van der Waals surface area contributed by atoms with Gasteiger partial charge in [-0.15, -0.1) is 0 Å². The van der Waals surface area contributed by atoms with Gasteiger partial charge in [0.2, 0.25) is 0 Å². The van der Waals surface area contributed by atoms with Gasteiger partial charge >= 0.3 is 0 Å². The van der Waals surface area contributed by atoms with Crippen LogP contribution >= 0.6 is 11.6 Å². The SMILES string of the molecule is CN(Cc1ccccc1)c1ccc(OCOCC[Si](C)(C)C)cc1Cl. The van der Waals surface area contributed by atoms with Gasteiger partial charge in [-0.3, -0.25) is 0 Å². The molecule has 0 heterocycles. The normalized spacial score (nSPS) is 11.4. The smallest absolute Gasteiger partial charge is 0.189 e. The van der Waals surface area contributed by atoms with E-state index in [2.05, 4.69) is 36.7 Å². The highest BCUT2D eigenvalue weighted by Crippen LogP contribution is 2.30. The maximum Gasteiger partial charge on any atom is 0.189 e. The molecule has 0 aromatic heterocycles. The van der Waals surface area contributed by atoms with Crippen LogP contribution in [0.4, 0.5) is 5.69 Å². The Bertz CT molecular complexity index is 658. The first-order valence-electron chi connectivity index (χ1n) is 8.60. The van der Waals surface area contributed by atoms with Crippen molar-refractivity contribution in [2.75, 3.05) is 25.3 Å². The second-order valence-corrected chi connectivity index (χ2v) is 13.5. The Kier molecular flexibility index (Phi) is 7.35. The van der Waals surface area contributed by atoms with Crippen LogP contribution in [0, 0.1) is 0 Å². The zero-order chi connectivity index (χ0) is 18.3. The molecule has 136 valence electrons. The number of ether oxygens (including phenoxy) is 2. The molecule has 0 aliphatic heterocycles. The fraction of sp³-hybridized carbons (Fsp3) is 0.400. The quantitative estimate of drug-likeness (QED) is 0.319. The number of halogens is 1. The van der Waals surface area contributed by atoms with Crippen LogP contribution in [0.3, 0.4) is 0 Å². The van der Waals surface area contributed by atoms with E-state index in [4.69, 9.17) is 21.1 Å². The zero-order valence-corrected chi connectivity index (χ0v) is 17.3. The van der Waals surface area contributed by atoms with Gasteiger partial charge in [0.25, 0.3) is 0 Å². The summed E-state index contributed by atoms with van der Waals surface area (Å²) in [6.45, 7) is 8.83. The Morgan fingerprint density at radius 1 is 1.04 bits per heavy atom. The van der Waals surface area contributed by atoms with Crippen LogP contribution in [0.1, 0.15) is 5.56 Å². The molecule has 3 nitrogen and oxygen atoms in total. The lowest BCUT2D eigenvalue weighted by atomic mass is 10.2. The van der Waals surface area contributed by atoms with Gasteiger partial charge in [0.15, 0.2) is 6.79 Å². The van der Waals surface area contributed by atoms with E-state index in [-0.39, 0.29) is 6.79 Å². The van der Waals surface area contributed by atoms with Gasteiger partial charge in [-0.05, 0) is 23.7 Å². The van der Waals surface area contributed by atoms with Crippen molar-refractivity contribution in [2.24, 2.45) is 0 Å². The van der Waals surface area contributed by atoms with E-state index in [1.807, 2.05) is 43.4 Å². The molecule has 0 spiro atoms. The summed E-state index contributed by atoms with van der Waals surface area (Å²) in [4.78, 5) is 2.13. The molecule has 5 heteroatoms. The third-order valence-corrected chi connectivity index (χ3v) is 5.91. The van der Waals surface area contributed by atoms with Crippen molar-refractivity contribution in [3.8, 4) is 5.75 Å². The maximum atomic E-state index is 6.43. The third-order valence-electron chi connectivity index (χ3n) is 3.90. The van der Waals surface area contributed by atoms with E-state index >= 15 is 0 Å². The Morgan fingerprint density at radius 3 is 2.40 bits per heavy atom. The van der Waals surface area contributed by atoms with E-state index in [1.165, 1.54) is 5.56 Å². The molecule has 2 aromatic rings. The summed E-state index contributed by atoms with van der Waals surface area (Å²) in [5.41, 5.74) is 2.23. The highest BCUT2D eigenvalue weighted by molar-refractivity contribution is 6.76. The molecule has 0 saturated carbocycles. The fourth-order valence-electron chi connectivity index (χ4n) is 2.38. The molecule has 0 bridgehead atoms. The van der Waals surface area contributed by atoms with Gasteiger partial charge in [0, 0.05) is 34.3 Å². The van der Waals surface area contributed by atoms with Crippen molar-refractivity contribution in [3.63, 3.8) is 0 Å². The minimum absolute atomic E-state index is 0.264. The Hall–Kier alpha value is -1.49. The Labute approximate surface area is 157 Å². The van der Waals surface area contributed by atoms with Crippen molar-refractivity contribution in [3.05, 3.63) is 59.1 Å². The summed E-state index contributed by atoms with van der Waals surface area (Å²) in [6.07, 6.45) is 0. The lowest BCUT2D eigenvalue weighted by Gasteiger charge is -2.21. The van der Waals surface area contributed by atoms with Crippen LogP contribution in [0.5, 0.6) is 5.75 Å².